The van der Waals surface area contributed by atoms with Gasteiger partial charge in [0.1, 0.15) is 0 Å². The molecule has 11 heavy (non-hydrogen) atoms. The molecule has 2 heterocycles. The Hall–Kier alpha value is 0.350. The molecule has 0 N–H and O–H groups in total. The van der Waals surface area contributed by atoms with Crippen LogP contribution in [0.2, 0.25) is 0 Å². The fourth-order valence-corrected chi connectivity index (χ4v) is 4.35. The van der Waals surface area contributed by atoms with Gasteiger partial charge < -0.3 is 0 Å². The minimum atomic E-state index is 0.676. The van der Waals surface area contributed by atoms with Crippen LogP contribution in [-0.2, 0) is 0 Å². The second kappa shape index (κ2) is 2.69. The summed E-state index contributed by atoms with van der Waals surface area (Å²) in [7, 11) is 0. The molecule has 0 spiro atoms. The molecule has 2 saturated heterocycles. The summed E-state index contributed by atoms with van der Waals surface area (Å²) in [4.78, 5) is 0. The number of hydrogen-bond acceptors (Lipinski definition) is 1. The van der Waals surface area contributed by atoms with E-state index in [-0.39, 0.29) is 0 Å². The monoisotopic (exact) mass is 170 g/mol. The van der Waals surface area contributed by atoms with Crippen molar-refractivity contribution in [1.29, 1.82) is 0 Å². The van der Waals surface area contributed by atoms with Crippen LogP contribution in [0.25, 0.3) is 0 Å². The Morgan fingerprint density at radius 3 is 2.82 bits per heavy atom. The van der Waals surface area contributed by atoms with Gasteiger partial charge >= 0.3 is 0 Å². The number of hydrogen-bond donors (Lipinski definition) is 0. The molecule has 0 aromatic carbocycles. The molecule has 2 fully saturated rings. The van der Waals surface area contributed by atoms with Crippen molar-refractivity contribution in [2.24, 2.45) is 5.92 Å². The van der Waals surface area contributed by atoms with E-state index >= 15 is 0 Å². The van der Waals surface area contributed by atoms with Gasteiger partial charge in [0.25, 0.3) is 0 Å². The van der Waals surface area contributed by atoms with Crippen molar-refractivity contribution < 1.29 is 0 Å². The van der Waals surface area contributed by atoms with Gasteiger partial charge in [-0.1, -0.05) is 20.3 Å². The predicted molar refractivity (Wildman–Crippen MR) is 52.0 cm³/mol. The first-order valence-corrected chi connectivity index (χ1v) is 5.75. The summed E-state index contributed by atoms with van der Waals surface area (Å²) in [5.41, 5.74) is 0. The maximum Gasteiger partial charge on any atom is 0.0134 e. The highest BCUT2D eigenvalue weighted by atomic mass is 32.2. The van der Waals surface area contributed by atoms with Gasteiger partial charge in [0.15, 0.2) is 0 Å². The van der Waals surface area contributed by atoms with Crippen LogP contribution >= 0.6 is 11.8 Å². The van der Waals surface area contributed by atoms with Crippen LogP contribution in [-0.4, -0.2) is 10.00 Å². The van der Waals surface area contributed by atoms with Gasteiger partial charge in [0.2, 0.25) is 0 Å². The molecule has 0 radical (unpaired) electrons. The summed E-state index contributed by atoms with van der Waals surface area (Å²) in [5, 5.41) is 1.00. The van der Waals surface area contributed by atoms with Crippen LogP contribution in [0, 0.1) is 5.92 Å². The Morgan fingerprint density at radius 1 is 1.27 bits per heavy atom. The molecule has 2 aliphatic rings. The summed E-state index contributed by atoms with van der Waals surface area (Å²) in [6, 6.07) is 0. The van der Waals surface area contributed by atoms with Crippen LogP contribution in [0.5, 0.6) is 0 Å². The Morgan fingerprint density at radius 2 is 2.09 bits per heavy atom. The van der Waals surface area contributed by atoms with E-state index in [2.05, 4.69) is 25.6 Å². The first kappa shape index (κ1) is 7.97. The molecule has 0 nitrogen and oxygen atoms in total. The third kappa shape index (κ3) is 1.44. The fourth-order valence-electron chi connectivity index (χ4n) is 2.46. The van der Waals surface area contributed by atoms with Crippen LogP contribution in [0.1, 0.15) is 46.0 Å². The Labute approximate surface area is 74.1 Å². The Balaban J connectivity index is 2.09. The molecular formula is C10H18S. The summed E-state index contributed by atoms with van der Waals surface area (Å²) < 4.78 is 0.676. The van der Waals surface area contributed by atoms with Gasteiger partial charge in [0, 0.05) is 10.00 Å². The zero-order valence-corrected chi connectivity index (χ0v) is 8.41. The van der Waals surface area contributed by atoms with E-state index in [0.717, 1.165) is 11.2 Å². The summed E-state index contributed by atoms with van der Waals surface area (Å²) in [6.45, 7) is 4.90. The molecule has 2 aliphatic heterocycles. The van der Waals surface area contributed by atoms with E-state index in [4.69, 9.17) is 0 Å². The maximum atomic E-state index is 2.47. The van der Waals surface area contributed by atoms with Gasteiger partial charge in [-0.3, -0.25) is 0 Å². The summed E-state index contributed by atoms with van der Waals surface area (Å²) in [5.74, 6) is 0.994. The lowest BCUT2D eigenvalue weighted by molar-refractivity contribution is 0.342. The Kier molecular flexibility index (Phi) is 1.95. The van der Waals surface area contributed by atoms with Gasteiger partial charge in [-0.2, -0.15) is 11.8 Å². The molecule has 3 unspecified atom stereocenters. The average molecular weight is 170 g/mol. The Bertz CT molecular complexity index is 155. The molecule has 0 aromatic rings. The van der Waals surface area contributed by atoms with E-state index in [1.165, 1.54) is 32.1 Å². The van der Waals surface area contributed by atoms with Crippen molar-refractivity contribution in [3.63, 3.8) is 0 Å². The third-order valence-electron chi connectivity index (χ3n) is 3.39. The van der Waals surface area contributed by atoms with Crippen LogP contribution in [0.15, 0.2) is 0 Å². The lowest BCUT2D eigenvalue weighted by Crippen LogP contribution is -2.37. The maximum absolute atomic E-state index is 2.47. The molecule has 0 aliphatic carbocycles. The van der Waals surface area contributed by atoms with Crippen LogP contribution in [0.3, 0.4) is 0 Å². The van der Waals surface area contributed by atoms with Crippen molar-refractivity contribution in [1.82, 2.24) is 0 Å². The van der Waals surface area contributed by atoms with Crippen molar-refractivity contribution in [3.8, 4) is 0 Å². The summed E-state index contributed by atoms with van der Waals surface area (Å²) in [6.07, 6.45) is 7.39. The van der Waals surface area contributed by atoms with Gasteiger partial charge in [-0.15, -0.1) is 0 Å². The van der Waals surface area contributed by atoms with E-state index < -0.39 is 0 Å². The van der Waals surface area contributed by atoms with Gasteiger partial charge in [-0.25, -0.2) is 0 Å². The number of fused-ring (bicyclic) bond motifs is 2. The minimum Gasteiger partial charge on any atom is -0.152 e. The van der Waals surface area contributed by atoms with E-state index in [1.54, 1.807) is 0 Å². The van der Waals surface area contributed by atoms with Crippen LogP contribution < -0.4 is 0 Å². The molecule has 0 amide bonds. The zero-order chi connectivity index (χ0) is 7.90. The largest absolute Gasteiger partial charge is 0.152 e. The summed E-state index contributed by atoms with van der Waals surface area (Å²) >= 11 is 2.28. The van der Waals surface area contributed by atoms with Crippen molar-refractivity contribution >= 4 is 11.8 Å². The highest BCUT2D eigenvalue weighted by molar-refractivity contribution is 8.01. The smallest absolute Gasteiger partial charge is 0.0134 e. The lowest BCUT2D eigenvalue weighted by Gasteiger charge is -2.45. The molecule has 0 saturated carbocycles. The van der Waals surface area contributed by atoms with E-state index in [1.807, 2.05) is 0 Å². The predicted octanol–water partition coefficient (Wildman–Crippen LogP) is 3.46. The number of rotatable bonds is 0. The zero-order valence-electron chi connectivity index (χ0n) is 7.60. The highest BCUT2D eigenvalue weighted by Gasteiger charge is 2.39. The fraction of sp³-hybridized carbons (Fsp3) is 1.00. The normalized spacial score (nSPS) is 50.7. The SMILES string of the molecule is CC1CCC2(C)CCCC1S2. The lowest BCUT2D eigenvalue weighted by atomic mass is 9.85. The second-order valence-corrected chi connectivity index (χ2v) is 6.34. The molecule has 2 rings (SSSR count). The first-order chi connectivity index (χ1) is 5.20. The van der Waals surface area contributed by atoms with E-state index in [0.29, 0.717) is 4.75 Å². The van der Waals surface area contributed by atoms with Crippen molar-refractivity contribution in [2.45, 2.75) is 55.9 Å². The highest BCUT2D eigenvalue weighted by Crippen LogP contribution is 2.51. The molecular weight excluding hydrogens is 152 g/mol. The van der Waals surface area contributed by atoms with Gasteiger partial charge in [-0.05, 0) is 31.6 Å². The second-order valence-electron chi connectivity index (χ2n) is 4.51. The van der Waals surface area contributed by atoms with Crippen molar-refractivity contribution in [2.75, 3.05) is 0 Å². The van der Waals surface area contributed by atoms with E-state index in [9.17, 15) is 0 Å². The van der Waals surface area contributed by atoms with Crippen molar-refractivity contribution in [3.05, 3.63) is 0 Å². The third-order valence-corrected chi connectivity index (χ3v) is 5.37. The topological polar surface area (TPSA) is 0 Å². The van der Waals surface area contributed by atoms with Gasteiger partial charge in [0.05, 0.1) is 0 Å². The minimum absolute atomic E-state index is 0.676. The first-order valence-electron chi connectivity index (χ1n) is 4.87. The number of thioether (sulfide) groups is 1. The molecule has 0 aromatic heterocycles. The average Bonchev–Trinajstić information content (AvgIpc) is 1.99. The molecule has 64 valence electrons. The molecule has 2 bridgehead atoms. The molecule has 1 heteroatoms. The van der Waals surface area contributed by atoms with Crippen LogP contribution in [0.4, 0.5) is 0 Å². The quantitative estimate of drug-likeness (QED) is 0.536. The molecule has 3 atom stereocenters. The standard InChI is InChI=1S/C10H18S/c1-8-5-7-10(2)6-3-4-9(8)11-10/h8-9H,3-7H2,1-2H3.